The molecule has 1 aromatic carbocycles. The van der Waals surface area contributed by atoms with Gasteiger partial charge in [0, 0.05) is 12.3 Å². The molecule has 1 saturated heterocycles. The summed E-state index contributed by atoms with van der Waals surface area (Å²) >= 11 is 0. The van der Waals surface area contributed by atoms with E-state index in [1.165, 1.54) is 25.3 Å². The second-order valence-corrected chi connectivity index (χ2v) is 10.7. The molecule has 1 fully saturated rings. The molecule has 14 heteroatoms. The van der Waals surface area contributed by atoms with Crippen molar-refractivity contribution in [2.45, 2.75) is 63.6 Å². The minimum absolute atomic E-state index is 0.0348. The van der Waals surface area contributed by atoms with E-state index in [2.05, 4.69) is 17.0 Å². The Kier molecular flexibility index (Phi) is 8.47. The predicted octanol–water partition coefficient (Wildman–Crippen LogP) is 1.67. The Morgan fingerprint density at radius 1 is 1.35 bits per heavy atom. The number of para-hydroxylation sites is 1. The summed E-state index contributed by atoms with van der Waals surface area (Å²) in [7, 11) is -4.50. The highest BCUT2D eigenvalue weighted by molar-refractivity contribution is 7.52. The van der Waals surface area contributed by atoms with E-state index >= 15 is 4.39 Å². The number of ether oxygens (including phenoxy) is 2. The number of hydrogen-bond donors (Lipinski definition) is 4. The molecule has 0 saturated carbocycles. The summed E-state index contributed by atoms with van der Waals surface area (Å²) in [6.45, 7) is 8.18. The van der Waals surface area contributed by atoms with E-state index in [4.69, 9.17) is 18.5 Å². The minimum atomic E-state index is -4.50. The molecule has 0 radical (unpaired) electrons. The van der Waals surface area contributed by atoms with Crippen LogP contribution < -0.4 is 14.9 Å². The Morgan fingerprint density at radius 2 is 2.00 bits per heavy atom. The molecule has 2 heterocycles. The maximum absolute atomic E-state index is 15.9. The first-order valence-corrected chi connectivity index (χ1v) is 12.9. The number of esters is 1. The van der Waals surface area contributed by atoms with Crippen LogP contribution in [-0.4, -0.2) is 69.5 Å². The van der Waals surface area contributed by atoms with Gasteiger partial charge in [-0.05, 0) is 39.8 Å². The number of aliphatic hydroxyl groups excluding tert-OH is 1. The molecule has 12 nitrogen and oxygen atoms in total. The standard InChI is InChI=1S/C23H31FN3O9P/c1-14(2)34-19(29)15(3)26-37(32,36-17-9-7-6-8-10-17)33-13-23(24)20(30)22(5,31)21(35-23)27-12-11-18(28)25-16(27)4/h6-12,14-15,20-21,30-31H,4,13H2,1-3,5H3,(H,25,28)(H,26,32)/t15-,20-,21+,22+,23+,37-/m0/s1. The Bertz CT molecular complexity index is 1100. The van der Waals surface area contributed by atoms with E-state index in [0.717, 1.165) is 17.9 Å². The van der Waals surface area contributed by atoms with Gasteiger partial charge in [-0.2, -0.15) is 5.09 Å². The first kappa shape index (κ1) is 28.8. The molecule has 0 aliphatic carbocycles. The zero-order chi connectivity index (χ0) is 27.6. The Hall–Kier alpha value is -2.80. The number of halogens is 1. The first-order chi connectivity index (χ1) is 17.2. The largest absolute Gasteiger partial charge is 0.462 e. The third-order valence-electron chi connectivity index (χ3n) is 5.45. The zero-order valence-electron chi connectivity index (χ0n) is 20.8. The molecule has 0 aromatic heterocycles. The molecule has 0 unspecified atom stereocenters. The average molecular weight is 543 g/mol. The molecule has 3 rings (SSSR count). The fourth-order valence-electron chi connectivity index (χ4n) is 3.61. The van der Waals surface area contributed by atoms with Crippen LogP contribution in [0.5, 0.6) is 5.75 Å². The molecule has 0 spiro atoms. The fraction of sp³-hybridized carbons (Fsp3) is 0.478. The average Bonchev–Trinajstić information content (AvgIpc) is 2.98. The summed E-state index contributed by atoms with van der Waals surface area (Å²) in [4.78, 5) is 24.9. The van der Waals surface area contributed by atoms with Crippen LogP contribution in [0.25, 0.3) is 0 Å². The number of nitrogens with one attached hydrogen (secondary N) is 2. The minimum Gasteiger partial charge on any atom is -0.462 e. The molecular weight excluding hydrogens is 512 g/mol. The van der Waals surface area contributed by atoms with Gasteiger partial charge in [-0.3, -0.25) is 14.1 Å². The molecule has 2 aliphatic rings. The van der Waals surface area contributed by atoms with E-state index in [0.29, 0.717) is 0 Å². The third-order valence-corrected chi connectivity index (χ3v) is 7.07. The van der Waals surface area contributed by atoms with Crippen LogP contribution in [0.4, 0.5) is 4.39 Å². The van der Waals surface area contributed by atoms with Gasteiger partial charge in [-0.1, -0.05) is 24.8 Å². The molecule has 1 aromatic rings. The van der Waals surface area contributed by atoms with Crippen LogP contribution >= 0.6 is 7.75 Å². The maximum Gasteiger partial charge on any atom is 0.459 e. The molecule has 204 valence electrons. The highest BCUT2D eigenvalue weighted by Crippen LogP contribution is 2.49. The fourth-order valence-corrected chi connectivity index (χ4v) is 5.11. The van der Waals surface area contributed by atoms with Crippen LogP contribution in [0, 0.1) is 0 Å². The molecule has 2 aliphatic heterocycles. The van der Waals surface area contributed by atoms with Crippen molar-refractivity contribution in [1.82, 2.24) is 15.3 Å². The number of aliphatic hydroxyl groups is 2. The summed E-state index contributed by atoms with van der Waals surface area (Å²) in [5.41, 5.74) is -2.24. The number of carbonyl (C=O) groups excluding carboxylic acids is 2. The van der Waals surface area contributed by atoms with Crippen molar-refractivity contribution in [3.05, 3.63) is 55.0 Å². The number of amides is 1. The van der Waals surface area contributed by atoms with E-state index in [9.17, 15) is 24.4 Å². The van der Waals surface area contributed by atoms with E-state index in [1.807, 2.05) is 0 Å². The molecular formula is C23H31FN3O9P. The van der Waals surface area contributed by atoms with Crippen molar-refractivity contribution in [2.24, 2.45) is 0 Å². The second-order valence-electron chi connectivity index (χ2n) is 9.06. The van der Waals surface area contributed by atoms with Crippen LogP contribution in [0.1, 0.15) is 27.7 Å². The van der Waals surface area contributed by atoms with Gasteiger partial charge in [0.2, 0.25) is 0 Å². The maximum atomic E-state index is 15.9. The summed E-state index contributed by atoms with van der Waals surface area (Å²) in [6, 6.07) is 6.60. The van der Waals surface area contributed by atoms with Gasteiger partial charge in [0.05, 0.1) is 6.10 Å². The topological polar surface area (TPSA) is 156 Å². The quantitative estimate of drug-likeness (QED) is 0.252. The third kappa shape index (κ3) is 6.56. The number of carbonyl (C=O) groups is 2. The second kappa shape index (κ2) is 10.9. The van der Waals surface area contributed by atoms with Crippen molar-refractivity contribution in [3.8, 4) is 5.75 Å². The number of alkyl halides is 1. The summed E-state index contributed by atoms with van der Waals surface area (Å²) in [5.74, 6) is -4.30. The molecule has 0 bridgehead atoms. The van der Waals surface area contributed by atoms with Crippen molar-refractivity contribution < 1.29 is 47.3 Å². The first-order valence-electron chi connectivity index (χ1n) is 11.4. The lowest BCUT2D eigenvalue weighted by molar-refractivity contribution is -0.206. The zero-order valence-corrected chi connectivity index (χ0v) is 21.7. The van der Waals surface area contributed by atoms with Crippen LogP contribution in [-0.2, 0) is 28.2 Å². The normalized spacial score (nSPS) is 30.1. The highest BCUT2D eigenvalue weighted by atomic mass is 31.2. The summed E-state index contributed by atoms with van der Waals surface area (Å²) < 4.78 is 50.7. The molecule has 37 heavy (non-hydrogen) atoms. The summed E-state index contributed by atoms with van der Waals surface area (Å²) in [5, 5.41) is 26.3. The van der Waals surface area contributed by atoms with Gasteiger partial charge in [-0.25, -0.2) is 8.96 Å². The Labute approximate surface area is 213 Å². The van der Waals surface area contributed by atoms with Crippen molar-refractivity contribution >= 4 is 19.6 Å². The van der Waals surface area contributed by atoms with Crippen molar-refractivity contribution in [2.75, 3.05) is 6.61 Å². The number of nitrogens with zero attached hydrogens (tertiary/aromatic N) is 1. The monoisotopic (exact) mass is 543 g/mol. The van der Waals surface area contributed by atoms with Crippen molar-refractivity contribution in [1.29, 1.82) is 0 Å². The Morgan fingerprint density at radius 3 is 2.59 bits per heavy atom. The van der Waals surface area contributed by atoms with Crippen LogP contribution in [0.2, 0.25) is 0 Å². The number of rotatable bonds is 10. The van der Waals surface area contributed by atoms with Gasteiger partial charge in [0.15, 0.2) is 6.23 Å². The van der Waals surface area contributed by atoms with E-state index in [-0.39, 0.29) is 11.6 Å². The highest BCUT2D eigenvalue weighted by Gasteiger charge is 2.64. The van der Waals surface area contributed by atoms with E-state index in [1.54, 1.807) is 32.0 Å². The van der Waals surface area contributed by atoms with Gasteiger partial charge in [-0.15, -0.1) is 0 Å². The lowest BCUT2D eigenvalue weighted by Crippen LogP contribution is -2.54. The summed E-state index contributed by atoms with van der Waals surface area (Å²) in [6.07, 6.45) is -1.91. The predicted molar refractivity (Wildman–Crippen MR) is 128 cm³/mol. The lowest BCUT2D eigenvalue weighted by atomic mass is 9.95. The van der Waals surface area contributed by atoms with Gasteiger partial charge >= 0.3 is 13.7 Å². The Balaban J connectivity index is 1.82. The SMILES string of the molecule is C=C1NC(=O)C=CN1[C@@H]1O[C@](F)(CO[P@@](=O)(N[C@@H](C)C(=O)OC(C)C)Oc2ccccc2)[C@@H](O)[C@@]1(C)O. The molecule has 6 atom stereocenters. The van der Waals surface area contributed by atoms with Crippen LogP contribution in [0.3, 0.4) is 0 Å². The lowest BCUT2D eigenvalue weighted by Gasteiger charge is -2.36. The van der Waals surface area contributed by atoms with Gasteiger partial charge in [0.25, 0.3) is 11.8 Å². The van der Waals surface area contributed by atoms with Gasteiger partial charge in [0.1, 0.15) is 35.9 Å². The van der Waals surface area contributed by atoms with Crippen molar-refractivity contribution in [3.63, 3.8) is 0 Å². The van der Waals surface area contributed by atoms with Gasteiger partial charge < -0.3 is 34.4 Å². The smallest absolute Gasteiger partial charge is 0.459 e. The number of benzene rings is 1. The number of hydrogen-bond acceptors (Lipinski definition) is 10. The molecule has 4 N–H and O–H groups in total. The molecule has 1 amide bonds. The van der Waals surface area contributed by atoms with Crippen LogP contribution in [0.15, 0.2) is 55.0 Å². The van der Waals surface area contributed by atoms with E-state index < -0.39 is 62.2 Å².